The molecule has 0 saturated carbocycles. The number of sulfone groups is 1. The summed E-state index contributed by atoms with van der Waals surface area (Å²) in [6.45, 7) is 0.977. The van der Waals surface area contributed by atoms with Gasteiger partial charge in [0.25, 0.3) is 0 Å². The molecule has 2 rings (SSSR count). The molecule has 8 heteroatoms. The molecule has 0 bridgehead atoms. The Kier molecular flexibility index (Phi) is 4.72. The molecule has 0 amide bonds. The molecule has 1 aliphatic rings. The number of halogens is 3. The number of likely N-dealkylation sites (tertiary alicyclic amines) is 1. The van der Waals surface area contributed by atoms with Crippen LogP contribution in [0.4, 0.5) is 18.9 Å². The van der Waals surface area contributed by atoms with E-state index < -0.39 is 26.8 Å². The Labute approximate surface area is 128 Å². The highest BCUT2D eigenvalue weighted by Crippen LogP contribution is 2.35. The van der Waals surface area contributed by atoms with Crippen LogP contribution in [0.2, 0.25) is 0 Å². The van der Waals surface area contributed by atoms with Crippen LogP contribution < -0.4 is 5.73 Å². The lowest BCUT2D eigenvalue weighted by atomic mass is 10.0. The molecule has 2 N–H and O–H groups in total. The normalized spacial score (nSPS) is 18.5. The second-order valence-corrected chi connectivity index (χ2v) is 8.00. The largest absolute Gasteiger partial charge is 0.416 e. The van der Waals surface area contributed by atoms with Gasteiger partial charge >= 0.3 is 6.18 Å². The highest BCUT2D eigenvalue weighted by molar-refractivity contribution is 7.91. The minimum absolute atomic E-state index is 0.0628. The fraction of sp³-hybridized carbons (Fsp3) is 0.571. The van der Waals surface area contributed by atoms with Crippen molar-refractivity contribution < 1.29 is 21.6 Å². The van der Waals surface area contributed by atoms with Crippen molar-refractivity contribution in [1.29, 1.82) is 0 Å². The van der Waals surface area contributed by atoms with Crippen LogP contribution in [0.15, 0.2) is 18.2 Å². The number of nitrogens with zero attached hydrogens (tertiary/aromatic N) is 1. The maximum absolute atomic E-state index is 13.0. The molecular formula is C14H19F3N2O2S. The van der Waals surface area contributed by atoms with Gasteiger partial charge in [-0.15, -0.1) is 0 Å². The van der Waals surface area contributed by atoms with E-state index in [-0.39, 0.29) is 17.8 Å². The van der Waals surface area contributed by atoms with Gasteiger partial charge in [-0.25, -0.2) is 8.42 Å². The quantitative estimate of drug-likeness (QED) is 0.861. The zero-order valence-corrected chi connectivity index (χ0v) is 13.0. The zero-order chi connectivity index (χ0) is 16.5. The van der Waals surface area contributed by atoms with E-state index in [9.17, 15) is 21.6 Å². The molecule has 1 fully saturated rings. The lowest BCUT2D eigenvalue weighted by molar-refractivity contribution is -0.138. The van der Waals surface area contributed by atoms with E-state index >= 15 is 0 Å². The van der Waals surface area contributed by atoms with Crippen molar-refractivity contribution in [2.24, 2.45) is 0 Å². The van der Waals surface area contributed by atoms with Gasteiger partial charge in [0.15, 0.2) is 0 Å². The Morgan fingerprint density at radius 3 is 2.36 bits per heavy atom. The molecule has 1 aromatic rings. The number of alkyl halides is 3. The summed E-state index contributed by atoms with van der Waals surface area (Å²) in [5.41, 5.74) is 5.16. The number of rotatable bonds is 3. The van der Waals surface area contributed by atoms with Gasteiger partial charge in [0.05, 0.1) is 10.8 Å². The lowest BCUT2D eigenvalue weighted by Crippen LogP contribution is -2.39. The highest BCUT2D eigenvalue weighted by Gasteiger charge is 2.35. The van der Waals surface area contributed by atoms with Gasteiger partial charge in [-0.2, -0.15) is 13.2 Å². The van der Waals surface area contributed by atoms with Crippen molar-refractivity contribution in [3.8, 4) is 0 Å². The Balaban J connectivity index is 2.13. The summed E-state index contributed by atoms with van der Waals surface area (Å²) in [7, 11) is -3.09. The van der Waals surface area contributed by atoms with Crippen LogP contribution >= 0.6 is 0 Å². The topological polar surface area (TPSA) is 63.4 Å². The fourth-order valence-electron chi connectivity index (χ4n) is 2.77. The number of anilines is 1. The van der Waals surface area contributed by atoms with Crippen molar-refractivity contribution in [2.45, 2.75) is 30.8 Å². The molecule has 124 valence electrons. The molecule has 1 heterocycles. The number of hydrogen-bond donors (Lipinski definition) is 1. The maximum atomic E-state index is 13.0. The molecule has 0 aromatic heterocycles. The molecule has 0 aliphatic carbocycles. The van der Waals surface area contributed by atoms with E-state index in [0.717, 1.165) is 6.07 Å². The molecule has 0 unspecified atom stereocenters. The minimum atomic E-state index is -4.45. The van der Waals surface area contributed by atoms with Gasteiger partial charge in [-0.1, -0.05) is 6.07 Å². The molecule has 0 spiro atoms. The van der Waals surface area contributed by atoms with Gasteiger partial charge in [-0.05, 0) is 38.1 Å². The van der Waals surface area contributed by atoms with Gasteiger partial charge in [0.1, 0.15) is 9.84 Å². The van der Waals surface area contributed by atoms with Crippen LogP contribution in [-0.4, -0.2) is 37.9 Å². The van der Waals surface area contributed by atoms with Crippen molar-refractivity contribution >= 4 is 15.5 Å². The standard InChI is InChI=1S/C14H19F3N2O2S/c1-22(20,21)10-5-7-19(8-6-10)9-11-12(14(15,16)17)3-2-4-13(11)18/h2-4,10H,5-9,18H2,1H3. The maximum Gasteiger partial charge on any atom is 0.416 e. The average Bonchev–Trinajstić information content (AvgIpc) is 2.39. The summed E-state index contributed by atoms with van der Waals surface area (Å²) in [5.74, 6) is 0. The molecule has 0 atom stereocenters. The number of nitrogens with two attached hydrogens (primary N) is 1. The van der Waals surface area contributed by atoms with Crippen molar-refractivity contribution in [3.05, 3.63) is 29.3 Å². The van der Waals surface area contributed by atoms with Crippen LogP contribution in [-0.2, 0) is 22.6 Å². The molecule has 1 aliphatic heterocycles. The van der Waals surface area contributed by atoms with Crippen molar-refractivity contribution in [3.63, 3.8) is 0 Å². The molecule has 1 saturated heterocycles. The van der Waals surface area contributed by atoms with E-state index in [2.05, 4.69) is 0 Å². The first kappa shape index (κ1) is 17.1. The van der Waals surface area contributed by atoms with Crippen LogP contribution in [0.25, 0.3) is 0 Å². The van der Waals surface area contributed by atoms with E-state index in [1.807, 2.05) is 4.90 Å². The smallest absolute Gasteiger partial charge is 0.398 e. The summed E-state index contributed by atoms with van der Waals surface area (Å²) in [6.07, 6.45) is -2.38. The number of benzene rings is 1. The van der Waals surface area contributed by atoms with Crippen LogP contribution in [0.1, 0.15) is 24.0 Å². The summed E-state index contributed by atoms with van der Waals surface area (Å²) in [4.78, 5) is 1.82. The summed E-state index contributed by atoms with van der Waals surface area (Å²) in [6, 6.07) is 3.76. The fourth-order valence-corrected chi connectivity index (χ4v) is 3.83. The van der Waals surface area contributed by atoms with Crippen molar-refractivity contribution in [2.75, 3.05) is 25.1 Å². The molecule has 22 heavy (non-hydrogen) atoms. The van der Waals surface area contributed by atoms with Gasteiger partial charge in [-0.3, -0.25) is 4.90 Å². The highest BCUT2D eigenvalue weighted by atomic mass is 32.2. The summed E-state index contributed by atoms with van der Waals surface area (Å²) >= 11 is 0. The van der Waals surface area contributed by atoms with Crippen LogP contribution in [0.5, 0.6) is 0 Å². The second-order valence-electron chi connectivity index (χ2n) is 5.68. The third-order valence-electron chi connectivity index (χ3n) is 4.04. The predicted molar refractivity (Wildman–Crippen MR) is 79.0 cm³/mol. The second kappa shape index (κ2) is 6.08. The van der Waals surface area contributed by atoms with Crippen molar-refractivity contribution in [1.82, 2.24) is 4.90 Å². The molecule has 4 nitrogen and oxygen atoms in total. The predicted octanol–water partition coefficient (Wildman–Crippen LogP) is 2.30. The third kappa shape index (κ3) is 3.92. The van der Waals surface area contributed by atoms with Gasteiger partial charge < -0.3 is 5.73 Å². The van der Waals surface area contributed by atoms with Crippen LogP contribution in [0, 0.1) is 0 Å². The number of nitrogen functional groups attached to an aromatic ring is 1. The van der Waals surface area contributed by atoms with E-state index in [1.54, 1.807) is 0 Å². The first-order chi connectivity index (χ1) is 10.1. The molecule has 1 aromatic carbocycles. The average molecular weight is 336 g/mol. The Morgan fingerprint density at radius 2 is 1.86 bits per heavy atom. The third-order valence-corrected chi connectivity index (χ3v) is 5.72. The Hall–Kier alpha value is -1.28. The van der Waals surface area contributed by atoms with E-state index in [4.69, 9.17) is 5.73 Å². The first-order valence-electron chi connectivity index (χ1n) is 6.95. The zero-order valence-electron chi connectivity index (χ0n) is 12.2. The van der Waals surface area contributed by atoms with Gasteiger partial charge in [0, 0.05) is 24.1 Å². The van der Waals surface area contributed by atoms with Crippen LogP contribution in [0.3, 0.4) is 0 Å². The van der Waals surface area contributed by atoms with E-state index in [1.165, 1.54) is 18.4 Å². The Morgan fingerprint density at radius 1 is 1.27 bits per heavy atom. The monoisotopic (exact) mass is 336 g/mol. The number of hydrogen-bond acceptors (Lipinski definition) is 4. The molecule has 0 radical (unpaired) electrons. The van der Waals surface area contributed by atoms with Gasteiger partial charge in [0.2, 0.25) is 0 Å². The Bertz CT molecular complexity index is 636. The molecular weight excluding hydrogens is 317 g/mol. The minimum Gasteiger partial charge on any atom is -0.398 e. The number of piperidine rings is 1. The SMILES string of the molecule is CS(=O)(=O)C1CCN(Cc2c(N)cccc2C(F)(F)F)CC1. The first-order valence-corrected chi connectivity index (χ1v) is 8.90. The lowest BCUT2D eigenvalue weighted by Gasteiger charge is -2.32. The van der Waals surface area contributed by atoms with E-state index in [0.29, 0.717) is 25.9 Å². The summed E-state index contributed by atoms with van der Waals surface area (Å²) in [5, 5.41) is -0.404. The summed E-state index contributed by atoms with van der Waals surface area (Å²) < 4.78 is 62.1.